The zero-order valence-corrected chi connectivity index (χ0v) is 13.5. The van der Waals surface area contributed by atoms with E-state index in [1.165, 1.54) is 23.7 Å². The lowest BCUT2D eigenvalue weighted by atomic mass is 10.1. The second kappa shape index (κ2) is 6.75. The zero-order chi connectivity index (χ0) is 16.3. The van der Waals surface area contributed by atoms with Crippen LogP contribution in [0.1, 0.15) is 46.8 Å². The molecule has 0 unspecified atom stereocenters. The molecule has 0 saturated carbocycles. The summed E-state index contributed by atoms with van der Waals surface area (Å²) in [5, 5.41) is 4.68. The molecule has 0 saturated heterocycles. The third kappa shape index (κ3) is 3.54. The van der Waals surface area contributed by atoms with Crippen molar-refractivity contribution in [1.82, 2.24) is 9.78 Å². The second-order valence-corrected chi connectivity index (χ2v) is 5.42. The molecule has 0 aliphatic heterocycles. The van der Waals surface area contributed by atoms with Crippen LogP contribution in [0.4, 0.5) is 0 Å². The fraction of sp³-hybridized carbons (Fsp3) is 0.312. The Morgan fingerprint density at radius 2 is 2.05 bits per heavy atom. The van der Waals surface area contributed by atoms with Gasteiger partial charge in [0.05, 0.1) is 11.3 Å². The van der Waals surface area contributed by atoms with Gasteiger partial charge in [-0.3, -0.25) is 9.48 Å². The number of halogens is 1. The van der Waals surface area contributed by atoms with Crippen molar-refractivity contribution in [3.8, 4) is 5.75 Å². The lowest BCUT2D eigenvalue weighted by Gasteiger charge is -2.08. The average molecular weight is 321 g/mol. The molecule has 0 spiro atoms. The van der Waals surface area contributed by atoms with Crippen molar-refractivity contribution in [2.75, 3.05) is 0 Å². The molecule has 22 heavy (non-hydrogen) atoms. The van der Waals surface area contributed by atoms with E-state index >= 15 is 0 Å². The first kappa shape index (κ1) is 16.2. The lowest BCUT2D eigenvalue weighted by molar-refractivity contribution is 0.0721. The Labute approximate surface area is 133 Å². The van der Waals surface area contributed by atoms with Crippen LogP contribution in [0.2, 0.25) is 5.02 Å². The monoisotopic (exact) mass is 320 g/mol. The summed E-state index contributed by atoms with van der Waals surface area (Å²) in [6, 6.07) is 6.27. The van der Waals surface area contributed by atoms with E-state index in [0.29, 0.717) is 10.7 Å². The van der Waals surface area contributed by atoms with Crippen LogP contribution >= 0.6 is 11.6 Å². The number of aryl methyl sites for hydroxylation is 2. The van der Waals surface area contributed by atoms with Crippen molar-refractivity contribution in [3.05, 3.63) is 46.2 Å². The number of hydrogen-bond donors (Lipinski definition) is 0. The Bertz CT molecular complexity index is 722. The number of esters is 1. The Balaban J connectivity index is 2.27. The van der Waals surface area contributed by atoms with Gasteiger partial charge in [0.1, 0.15) is 11.4 Å². The van der Waals surface area contributed by atoms with Crippen LogP contribution in [0.3, 0.4) is 0 Å². The first-order chi connectivity index (χ1) is 10.4. The third-order valence-electron chi connectivity index (χ3n) is 3.17. The van der Waals surface area contributed by atoms with Crippen molar-refractivity contribution in [2.45, 2.75) is 26.7 Å². The minimum atomic E-state index is -0.554. The first-order valence-corrected chi connectivity index (χ1v) is 7.35. The maximum absolute atomic E-state index is 12.3. The lowest BCUT2D eigenvalue weighted by Crippen LogP contribution is -2.15. The van der Waals surface area contributed by atoms with Crippen LogP contribution in [0.25, 0.3) is 0 Å². The molecule has 2 rings (SSSR count). The summed E-state index contributed by atoms with van der Waals surface area (Å²) < 4.78 is 6.82. The summed E-state index contributed by atoms with van der Waals surface area (Å²) in [7, 11) is 1.68. The molecule has 0 fully saturated rings. The van der Waals surface area contributed by atoms with Gasteiger partial charge < -0.3 is 4.74 Å². The Morgan fingerprint density at radius 1 is 1.32 bits per heavy atom. The smallest absolute Gasteiger partial charge is 0.362 e. The summed E-state index contributed by atoms with van der Waals surface area (Å²) in [4.78, 5) is 23.9. The van der Waals surface area contributed by atoms with E-state index in [9.17, 15) is 9.59 Å². The number of benzene rings is 1. The van der Waals surface area contributed by atoms with Crippen LogP contribution in [0, 0.1) is 0 Å². The summed E-state index contributed by atoms with van der Waals surface area (Å²) >= 11 is 5.87. The second-order valence-electron chi connectivity index (χ2n) is 4.98. The van der Waals surface area contributed by atoms with Crippen molar-refractivity contribution < 1.29 is 14.3 Å². The van der Waals surface area contributed by atoms with Crippen molar-refractivity contribution in [1.29, 1.82) is 0 Å². The van der Waals surface area contributed by atoms with E-state index in [0.717, 1.165) is 18.5 Å². The fourth-order valence-corrected chi connectivity index (χ4v) is 2.29. The predicted molar refractivity (Wildman–Crippen MR) is 83.6 cm³/mol. The summed E-state index contributed by atoms with van der Waals surface area (Å²) in [5.74, 6) is -0.579. The van der Waals surface area contributed by atoms with Gasteiger partial charge in [-0.1, -0.05) is 24.9 Å². The molecule has 1 heterocycles. The number of nitrogens with zero attached hydrogens (tertiary/aromatic N) is 2. The van der Waals surface area contributed by atoms with Crippen LogP contribution in [-0.4, -0.2) is 21.5 Å². The van der Waals surface area contributed by atoms with Gasteiger partial charge >= 0.3 is 5.97 Å². The van der Waals surface area contributed by atoms with E-state index in [-0.39, 0.29) is 17.1 Å². The highest BCUT2D eigenvalue weighted by atomic mass is 35.5. The predicted octanol–water partition coefficient (Wildman–Crippen LogP) is 3.45. The van der Waals surface area contributed by atoms with Crippen LogP contribution in [0.5, 0.6) is 5.75 Å². The summed E-state index contributed by atoms with van der Waals surface area (Å²) in [6.45, 7) is 3.44. The number of ether oxygens (including phenoxy) is 1. The maximum Gasteiger partial charge on any atom is 0.362 e. The molecule has 0 aliphatic carbocycles. The first-order valence-electron chi connectivity index (χ1n) is 6.98. The molecule has 1 aromatic carbocycles. The molecule has 2 aromatic rings. The highest BCUT2D eigenvalue weighted by molar-refractivity contribution is 6.31. The van der Waals surface area contributed by atoms with E-state index in [1.54, 1.807) is 19.2 Å². The molecule has 0 bridgehead atoms. The number of carbonyl (C=O) groups is 2. The fourth-order valence-electron chi connectivity index (χ4n) is 2.11. The number of aromatic nitrogens is 2. The van der Waals surface area contributed by atoms with Gasteiger partial charge in [0.2, 0.25) is 0 Å². The van der Waals surface area contributed by atoms with Gasteiger partial charge in [0.15, 0.2) is 5.78 Å². The molecule has 6 heteroatoms. The molecule has 0 atom stereocenters. The molecule has 0 N–H and O–H groups in total. The molecule has 0 aliphatic rings. The molecular formula is C16H17ClN2O3. The van der Waals surface area contributed by atoms with Crippen LogP contribution in [-0.2, 0) is 13.5 Å². The molecule has 116 valence electrons. The molecule has 5 nitrogen and oxygen atoms in total. The summed E-state index contributed by atoms with van der Waals surface area (Å²) in [5.41, 5.74) is 1.45. The van der Waals surface area contributed by atoms with Gasteiger partial charge in [0, 0.05) is 12.1 Å². The zero-order valence-electron chi connectivity index (χ0n) is 12.7. The SMILES string of the molecule is CCCc1cc(C(=O)Oc2ccc(Cl)cc2C(C)=O)n(C)n1. The Hall–Kier alpha value is -2.14. The molecule has 0 amide bonds. The minimum Gasteiger partial charge on any atom is -0.421 e. The van der Waals surface area contributed by atoms with Crippen molar-refractivity contribution in [2.24, 2.45) is 7.05 Å². The largest absolute Gasteiger partial charge is 0.421 e. The Kier molecular flexibility index (Phi) is 4.98. The number of carbonyl (C=O) groups excluding carboxylic acids is 2. The normalized spacial score (nSPS) is 10.5. The quantitative estimate of drug-likeness (QED) is 0.481. The standard InChI is InChI=1S/C16H17ClN2O3/c1-4-5-12-9-14(19(3)18-12)16(21)22-15-7-6-11(17)8-13(15)10(2)20/h6-9H,4-5H2,1-3H3. The Morgan fingerprint density at radius 3 is 2.68 bits per heavy atom. The topological polar surface area (TPSA) is 61.2 Å². The molecular weight excluding hydrogens is 304 g/mol. The van der Waals surface area contributed by atoms with Gasteiger partial charge in [-0.25, -0.2) is 4.79 Å². The maximum atomic E-state index is 12.3. The van der Waals surface area contributed by atoms with E-state index in [1.807, 2.05) is 6.92 Å². The number of rotatable bonds is 5. The van der Waals surface area contributed by atoms with Gasteiger partial charge in [-0.2, -0.15) is 5.10 Å². The van der Waals surface area contributed by atoms with Crippen LogP contribution < -0.4 is 4.74 Å². The highest BCUT2D eigenvalue weighted by Crippen LogP contribution is 2.24. The van der Waals surface area contributed by atoms with Crippen molar-refractivity contribution >= 4 is 23.4 Å². The van der Waals surface area contributed by atoms with E-state index in [4.69, 9.17) is 16.3 Å². The summed E-state index contributed by atoms with van der Waals surface area (Å²) in [6.07, 6.45) is 1.73. The number of Topliss-reactive ketones (excluding diaryl/α,β-unsaturated/α-hetero) is 1. The van der Waals surface area contributed by atoms with Crippen LogP contribution in [0.15, 0.2) is 24.3 Å². The van der Waals surface area contributed by atoms with Gasteiger partial charge in [-0.05, 0) is 37.6 Å². The number of ketones is 1. The minimum absolute atomic E-state index is 0.195. The number of hydrogen-bond acceptors (Lipinski definition) is 4. The average Bonchev–Trinajstić information content (AvgIpc) is 2.82. The highest BCUT2D eigenvalue weighted by Gasteiger charge is 2.18. The van der Waals surface area contributed by atoms with E-state index < -0.39 is 5.97 Å². The van der Waals surface area contributed by atoms with Crippen molar-refractivity contribution in [3.63, 3.8) is 0 Å². The molecule has 1 aromatic heterocycles. The third-order valence-corrected chi connectivity index (χ3v) is 3.40. The van der Waals surface area contributed by atoms with Gasteiger partial charge in [-0.15, -0.1) is 0 Å². The molecule has 0 radical (unpaired) electrons. The van der Waals surface area contributed by atoms with E-state index in [2.05, 4.69) is 5.10 Å². The van der Waals surface area contributed by atoms with Gasteiger partial charge in [0.25, 0.3) is 0 Å².